The Morgan fingerprint density at radius 1 is 0.841 bits per heavy atom. The quantitative estimate of drug-likeness (QED) is 0.321. The highest BCUT2D eigenvalue weighted by Gasteiger charge is 2.43. The maximum absolute atomic E-state index is 13.5. The number of fused-ring (bicyclic) bond motifs is 4. The average Bonchev–Trinajstić information content (AvgIpc) is 3.44. The van der Waals surface area contributed by atoms with Crippen LogP contribution in [0.5, 0.6) is 11.5 Å². The van der Waals surface area contributed by atoms with E-state index in [0.29, 0.717) is 53.5 Å². The fraction of sp³-hybridized carbons (Fsp3) is 0.353. The molecule has 10 nitrogen and oxygen atoms in total. The van der Waals surface area contributed by atoms with Crippen LogP contribution in [0.4, 0.5) is 11.4 Å². The molecule has 2 aromatic rings. The van der Waals surface area contributed by atoms with E-state index in [1.54, 1.807) is 72.8 Å². The first-order valence-electron chi connectivity index (χ1n) is 14.4. The lowest BCUT2D eigenvalue weighted by Crippen LogP contribution is -2.42. The molecule has 0 saturated carbocycles. The van der Waals surface area contributed by atoms with E-state index in [0.717, 1.165) is 11.1 Å². The Hall–Kier alpha value is -4.72. The largest absolute Gasteiger partial charge is 0.497 e. The van der Waals surface area contributed by atoms with Crippen LogP contribution in [-0.4, -0.2) is 98.9 Å². The number of benzene rings is 2. The van der Waals surface area contributed by atoms with Gasteiger partial charge < -0.3 is 28.7 Å². The van der Waals surface area contributed by atoms with Crippen molar-refractivity contribution in [3.05, 3.63) is 71.8 Å². The van der Waals surface area contributed by atoms with Gasteiger partial charge in [-0.1, -0.05) is 13.2 Å². The number of ether oxygens (including phenoxy) is 4. The molecule has 4 atom stereocenters. The summed E-state index contributed by atoms with van der Waals surface area (Å²) in [4.78, 5) is 39.6. The van der Waals surface area contributed by atoms with Crippen molar-refractivity contribution in [1.82, 2.24) is 9.80 Å². The van der Waals surface area contributed by atoms with Gasteiger partial charge in [-0.25, -0.2) is 0 Å². The van der Waals surface area contributed by atoms with E-state index in [2.05, 4.69) is 29.1 Å². The van der Waals surface area contributed by atoms with Gasteiger partial charge in [0.15, 0.2) is 0 Å². The molecule has 2 saturated heterocycles. The molecule has 4 heterocycles. The molecule has 226 valence electrons. The fourth-order valence-corrected chi connectivity index (χ4v) is 6.09. The molecule has 4 aliphatic heterocycles. The fourth-order valence-electron chi connectivity index (χ4n) is 6.09. The molecular weight excluding hydrogens is 560 g/mol. The van der Waals surface area contributed by atoms with Crippen molar-refractivity contribution in [3.63, 3.8) is 0 Å². The summed E-state index contributed by atoms with van der Waals surface area (Å²) in [7, 11) is 3.12. The number of amides is 2. The smallest absolute Gasteiger partial charge is 0.257 e. The monoisotopic (exact) mass is 594 g/mol. The zero-order valence-corrected chi connectivity index (χ0v) is 24.8. The Balaban J connectivity index is 1.12. The summed E-state index contributed by atoms with van der Waals surface area (Å²) in [5.41, 5.74) is 3.69. The molecule has 10 heteroatoms. The summed E-state index contributed by atoms with van der Waals surface area (Å²) < 4.78 is 23.4. The molecule has 0 spiro atoms. The number of rotatable bonds is 9. The zero-order chi connectivity index (χ0) is 31.0. The third-order valence-electron chi connectivity index (χ3n) is 8.44. The van der Waals surface area contributed by atoms with Gasteiger partial charge in [-0.2, -0.15) is 0 Å². The molecule has 6 rings (SSSR count). The van der Waals surface area contributed by atoms with Crippen LogP contribution >= 0.6 is 0 Å². The lowest BCUT2D eigenvalue weighted by atomic mass is 10.1. The molecule has 0 aliphatic carbocycles. The lowest BCUT2D eigenvalue weighted by molar-refractivity contribution is -0.00854. The predicted octanol–water partition coefficient (Wildman–Crippen LogP) is 4.01. The van der Waals surface area contributed by atoms with Crippen LogP contribution in [0, 0.1) is 18.3 Å². The van der Waals surface area contributed by atoms with E-state index in [9.17, 15) is 9.59 Å². The van der Waals surface area contributed by atoms with E-state index >= 15 is 0 Å². The van der Waals surface area contributed by atoms with Gasteiger partial charge in [-0.05, 0) is 47.5 Å². The number of nitrogens with zero attached hydrogens (tertiary/aromatic N) is 4. The van der Waals surface area contributed by atoms with Gasteiger partial charge in [-0.15, -0.1) is 12.3 Å². The van der Waals surface area contributed by atoms with Gasteiger partial charge in [0.1, 0.15) is 23.7 Å². The molecule has 0 bridgehead atoms. The summed E-state index contributed by atoms with van der Waals surface area (Å²) in [6, 6.07) is 9.70. The molecule has 0 N–H and O–H groups in total. The lowest BCUT2D eigenvalue weighted by Gasteiger charge is -2.26. The predicted molar refractivity (Wildman–Crippen MR) is 167 cm³/mol. The van der Waals surface area contributed by atoms with Crippen molar-refractivity contribution < 1.29 is 28.5 Å². The highest BCUT2D eigenvalue weighted by atomic mass is 16.5. The third-order valence-corrected chi connectivity index (χ3v) is 8.44. The van der Waals surface area contributed by atoms with E-state index < -0.39 is 24.3 Å². The Labute approximate surface area is 256 Å². The molecular formula is C34H34N4O6. The Kier molecular flexibility index (Phi) is 8.08. The average molecular weight is 595 g/mol. The van der Waals surface area contributed by atoms with Gasteiger partial charge in [0.05, 0.1) is 62.0 Å². The van der Waals surface area contributed by atoms with E-state index in [1.807, 2.05) is 0 Å². The van der Waals surface area contributed by atoms with Gasteiger partial charge in [-0.3, -0.25) is 19.6 Å². The number of terminal acetylenes is 1. The highest BCUT2D eigenvalue weighted by molar-refractivity contribution is 6.04. The summed E-state index contributed by atoms with van der Waals surface area (Å²) in [5, 5.41) is 0. The van der Waals surface area contributed by atoms with Gasteiger partial charge in [0.2, 0.25) is 0 Å². The topological polar surface area (TPSA) is 102 Å². The first-order chi connectivity index (χ1) is 21.3. The molecule has 2 amide bonds. The van der Waals surface area contributed by atoms with E-state index in [4.69, 9.17) is 25.4 Å². The van der Waals surface area contributed by atoms with E-state index in [1.165, 1.54) is 0 Å². The second-order valence-corrected chi connectivity index (χ2v) is 11.3. The minimum absolute atomic E-state index is 0.150. The number of hydrogen-bond donors (Lipinski definition) is 0. The number of hydrogen-bond acceptors (Lipinski definition) is 8. The molecule has 4 unspecified atom stereocenters. The van der Waals surface area contributed by atoms with Crippen molar-refractivity contribution >= 4 is 35.6 Å². The van der Waals surface area contributed by atoms with Crippen molar-refractivity contribution in [2.24, 2.45) is 15.9 Å². The van der Waals surface area contributed by atoms with Crippen LogP contribution in [-0.2, 0) is 9.47 Å². The summed E-state index contributed by atoms with van der Waals surface area (Å²) in [6.45, 7) is 9.68. The second-order valence-electron chi connectivity index (χ2n) is 11.3. The number of carbonyl (C=O) groups excluding carboxylic acids is 2. The summed E-state index contributed by atoms with van der Waals surface area (Å²) in [6.07, 6.45) is 8.74. The Bertz CT molecular complexity index is 1510. The van der Waals surface area contributed by atoms with Crippen LogP contribution in [0.25, 0.3) is 0 Å². The molecule has 0 aromatic heterocycles. The minimum Gasteiger partial charge on any atom is -0.497 e. The summed E-state index contributed by atoms with van der Waals surface area (Å²) in [5.74, 6) is 3.45. The molecule has 0 radical (unpaired) electrons. The second kappa shape index (κ2) is 12.1. The molecule has 2 fully saturated rings. The van der Waals surface area contributed by atoms with Gasteiger partial charge in [0.25, 0.3) is 11.8 Å². The molecule has 44 heavy (non-hydrogen) atoms. The maximum Gasteiger partial charge on any atom is 0.257 e. The SMILES string of the molecule is C#CCC(COC1C(=C)CN2C(=O)c3cc(OC)ccc3N=CC12)COC1C(=C)CN2C(=O)c3cc(OC)ccc3N=CC12. The third kappa shape index (κ3) is 5.29. The minimum atomic E-state index is -0.446. The molecule has 2 aromatic carbocycles. The number of methoxy groups -OCH3 is 2. The van der Waals surface area contributed by atoms with E-state index in [-0.39, 0.29) is 30.9 Å². The Morgan fingerprint density at radius 2 is 1.30 bits per heavy atom. The highest BCUT2D eigenvalue weighted by Crippen LogP contribution is 2.36. The first-order valence-corrected chi connectivity index (χ1v) is 14.4. The summed E-state index contributed by atoms with van der Waals surface area (Å²) >= 11 is 0. The maximum atomic E-state index is 13.5. The van der Waals surface area contributed by atoms with Crippen molar-refractivity contribution in [3.8, 4) is 23.8 Å². The van der Waals surface area contributed by atoms with Gasteiger partial charge in [0, 0.05) is 37.9 Å². The van der Waals surface area contributed by atoms with Crippen LogP contribution in [0.1, 0.15) is 27.1 Å². The molecule has 4 aliphatic rings. The Morgan fingerprint density at radius 3 is 1.70 bits per heavy atom. The van der Waals surface area contributed by atoms with Crippen LogP contribution in [0.15, 0.2) is 70.7 Å². The number of carbonyl (C=O) groups is 2. The van der Waals surface area contributed by atoms with Crippen molar-refractivity contribution in [1.29, 1.82) is 0 Å². The van der Waals surface area contributed by atoms with Gasteiger partial charge >= 0.3 is 0 Å². The zero-order valence-electron chi connectivity index (χ0n) is 24.8. The van der Waals surface area contributed by atoms with Crippen LogP contribution in [0.3, 0.4) is 0 Å². The first kappa shape index (κ1) is 29.4. The van der Waals surface area contributed by atoms with Crippen LogP contribution in [0.2, 0.25) is 0 Å². The van der Waals surface area contributed by atoms with Crippen molar-refractivity contribution in [2.75, 3.05) is 40.5 Å². The normalized spacial score (nSPS) is 24.2. The van der Waals surface area contributed by atoms with Crippen LogP contribution < -0.4 is 9.47 Å². The number of aliphatic imine (C=N–C) groups is 2. The standard InChI is InChI=1S/C34H34N4O6/c1-6-7-22(18-43-31-20(2)16-37-29(31)14-35-27-10-8-23(41-4)12-25(27)33(37)39)19-44-32-21(3)17-38-30(32)15-36-28-11-9-24(42-5)13-26(28)34(38)40/h1,8-15,22,29-32H,2-3,7,16-19H2,4-5H3. The van der Waals surface area contributed by atoms with Crippen molar-refractivity contribution in [2.45, 2.75) is 30.7 Å².